The molecule has 0 unspecified atom stereocenters. The van der Waals surface area contributed by atoms with E-state index >= 15 is 0 Å². The number of aromatic amines is 1. The molecule has 0 bridgehead atoms. The number of nitrogens with zero attached hydrogens (tertiary/aromatic N) is 4. The van der Waals surface area contributed by atoms with Gasteiger partial charge in [0.05, 0.1) is 23.1 Å². The molecule has 3 N–H and O–H groups in total. The van der Waals surface area contributed by atoms with Crippen molar-refractivity contribution in [1.82, 2.24) is 24.9 Å². The zero-order valence-electron chi connectivity index (χ0n) is 17.8. The van der Waals surface area contributed by atoms with Gasteiger partial charge in [-0.3, -0.25) is 4.98 Å². The third-order valence-corrected chi connectivity index (χ3v) is 6.01. The van der Waals surface area contributed by atoms with Crippen LogP contribution < -0.4 is 10.5 Å². The van der Waals surface area contributed by atoms with Gasteiger partial charge < -0.3 is 15.5 Å². The fraction of sp³-hybridized carbons (Fsp3) is 0.333. The smallest absolute Gasteiger partial charge is 0.213 e. The van der Waals surface area contributed by atoms with Crippen molar-refractivity contribution in [3.05, 3.63) is 48.4 Å². The summed E-state index contributed by atoms with van der Waals surface area (Å²) in [6, 6.07) is 7.83. The number of hydrogen-bond donors (Lipinski definition) is 2. The van der Waals surface area contributed by atoms with E-state index in [1.807, 2.05) is 43.6 Å². The molecule has 1 aliphatic carbocycles. The van der Waals surface area contributed by atoms with Gasteiger partial charge in [0.2, 0.25) is 5.88 Å². The van der Waals surface area contributed by atoms with Gasteiger partial charge in [-0.15, -0.1) is 0 Å². The van der Waals surface area contributed by atoms with E-state index in [9.17, 15) is 0 Å². The van der Waals surface area contributed by atoms with Gasteiger partial charge in [-0.05, 0) is 62.3 Å². The van der Waals surface area contributed by atoms with Crippen LogP contribution in [-0.2, 0) is 0 Å². The molecule has 31 heavy (non-hydrogen) atoms. The van der Waals surface area contributed by atoms with Crippen molar-refractivity contribution in [3.8, 4) is 28.5 Å². The number of fused-ring (bicyclic) bond motifs is 1. The Hall–Kier alpha value is -3.48. The van der Waals surface area contributed by atoms with Gasteiger partial charge in [0.1, 0.15) is 11.9 Å². The highest BCUT2D eigenvalue weighted by Crippen LogP contribution is 2.29. The molecule has 7 nitrogen and oxygen atoms in total. The molecule has 0 radical (unpaired) electrons. The molecule has 0 atom stereocenters. The van der Waals surface area contributed by atoms with E-state index in [-0.39, 0.29) is 6.10 Å². The van der Waals surface area contributed by atoms with Crippen molar-refractivity contribution in [1.29, 1.82) is 0 Å². The highest BCUT2D eigenvalue weighted by Gasteiger charge is 2.20. The molecule has 0 aliphatic heterocycles. The first-order valence-corrected chi connectivity index (χ1v) is 10.8. The third kappa shape index (κ3) is 4.08. The number of rotatable bonds is 4. The van der Waals surface area contributed by atoms with Gasteiger partial charge in [-0.1, -0.05) is 6.92 Å². The zero-order valence-corrected chi connectivity index (χ0v) is 17.8. The topological polar surface area (TPSA) is 103 Å². The summed E-state index contributed by atoms with van der Waals surface area (Å²) in [5.41, 5.74) is 11.7. The fourth-order valence-corrected chi connectivity index (χ4v) is 4.13. The van der Waals surface area contributed by atoms with Gasteiger partial charge in [-0.2, -0.15) is 0 Å². The molecule has 0 spiro atoms. The first-order valence-electron chi connectivity index (χ1n) is 10.8. The van der Waals surface area contributed by atoms with Crippen molar-refractivity contribution in [3.63, 3.8) is 0 Å². The van der Waals surface area contributed by atoms with E-state index in [4.69, 9.17) is 10.5 Å². The molecule has 158 valence electrons. The number of pyridine rings is 3. The SMILES string of the molecule is Cc1cc(-c2ccc(OC3CCC(C)CC3)nc2)ncc1-c1nc2ncc(N)cc2[nH]1. The Morgan fingerprint density at radius 2 is 1.84 bits per heavy atom. The number of nitrogens with two attached hydrogens (primary N) is 1. The summed E-state index contributed by atoms with van der Waals surface area (Å²) in [4.78, 5) is 21.3. The van der Waals surface area contributed by atoms with Crippen LogP contribution in [0.5, 0.6) is 5.88 Å². The zero-order chi connectivity index (χ0) is 21.4. The number of nitrogens with one attached hydrogen (secondary N) is 1. The Labute approximate surface area is 181 Å². The third-order valence-electron chi connectivity index (χ3n) is 6.01. The van der Waals surface area contributed by atoms with Crippen LogP contribution in [0.3, 0.4) is 0 Å². The molecule has 0 aromatic carbocycles. The minimum atomic E-state index is 0.280. The normalized spacial score (nSPS) is 18.9. The van der Waals surface area contributed by atoms with Gasteiger partial charge in [0.15, 0.2) is 5.65 Å². The standard InChI is InChI=1S/C24H26N6O/c1-14-3-6-18(7-4-14)31-22-8-5-16(11-27-22)20-9-15(2)19(13-26-20)23-29-21-10-17(25)12-28-24(21)30-23/h5,8-14,18H,3-4,6-7,25H2,1-2H3,(H,28,29,30). The summed E-state index contributed by atoms with van der Waals surface area (Å²) in [7, 11) is 0. The Bertz CT molecular complexity index is 1210. The minimum Gasteiger partial charge on any atom is -0.474 e. The minimum absolute atomic E-state index is 0.280. The lowest BCUT2D eigenvalue weighted by Crippen LogP contribution is -2.23. The Morgan fingerprint density at radius 1 is 1.00 bits per heavy atom. The van der Waals surface area contributed by atoms with E-state index < -0.39 is 0 Å². The molecular weight excluding hydrogens is 388 g/mol. The molecule has 5 rings (SSSR count). The second-order valence-electron chi connectivity index (χ2n) is 8.49. The molecule has 4 heterocycles. The Kier molecular flexibility index (Phi) is 5.02. The van der Waals surface area contributed by atoms with Crippen molar-refractivity contribution >= 4 is 16.9 Å². The van der Waals surface area contributed by atoms with Crippen molar-refractivity contribution < 1.29 is 4.74 Å². The second-order valence-corrected chi connectivity index (χ2v) is 8.49. The van der Waals surface area contributed by atoms with Crippen LogP contribution in [0.4, 0.5) is 5.69 Å². The second kappa shape index (κ2) is 7.98. The van der Waals surface area contributed by atoms with E-state index in [1.54, 1.807) is 6.20 Å². The van der Waals surface area contributed by atoms with E-state index in [2.05, 4.69) is 31.8 Å². The fourth-order valence-electron chi connectivity index (χ4n) is 4.13. The summed E-state index contributed by atoms with van der Waals surface area (Å²) in [5, 5.41) is 0. The molecule has 1 fully saturated rings. The number of imidazole rings is 1. The van der Waals surface area contributed by atoms with Gasteiger partial charge >= 0.3 is 0 Å². The van der Waals surface area contributed by atoms with Crippen LogP contribution in [0.25, 0.3) is 33.8 Å². The lowest BCUT2D eigenvalue weighted by atomic mass is 9.89. The lowest BCUT2D eigenvalue weighted by Gasteiger charge is -2.26. The first-order chi connectivity index (χ1) is 15.0. The average molecular weight is 415 g/mol. The molecule has 1 saturated carbocycles. The Balaban J connectivity index is 1.34. The van der Waals surface area contributed by atoms with Crippen LogP contribution in [0.2, 0.25) is 0 Å². The number of aromatic nitrogens is 5. The molecule has 7 heteroatoms. The lowest BCUT2D eigenvalue weighted by molar-refractivity contribution is 0.130. The maximum Gasteiger partial charge on any atom is 0.213 e. The largest absolute Gasteiger partial charge is 0.474 e. The van der Waals surface area contributed by atoms with E-state index in [1.165, 1.54) is 12.8 Å². The van der Waals surface area contributed by atoms with Crippen LogP contribution in [0.1, 0.15) is 38.2 Å². The monoisotopic (exact) mass is 414 g/mol. The quantitative estimate of drug-likeness (QED) is 0.491. The molecule has 0 amide bonds. The summed E-state index contributed by atoms with van der Waals surface area (Å²) >= 11 is 0. The van der Waals surface area contributed by atoms with Gasteiger partial charge in [-0.25, -0.2) is 15.0 Å². The number of aryl methyl sites for hydroxylation is 1. The predicted molar refractivity (Wildman–Crippen MR) is 122 cm³/mol. The van der Waals surface area contributed by atoms with Crippen LogP contribution >= 0.6 is 0 Å². The van der Waals surface area contributed by atoms with Crippen LogP contribution in [-0.4, -0.2) is 31.0 Å². The molecule has 4 aromatic heterocycles. The number of hydrogen-bond acceptors (Lipinski definition) is 6. The summed E-state index contributed by atoms with van der Waals surface area (Å²) in [5.74, 6) is 2.22. The van der Waals surface area contributed by atoms with E-state index in [0.29, 0.717) is 17.2 Å². The maximum atomic E-state index is 6.07. The molecule has 0 saturated heterocycles. The van der Waals surface area contributed by atoms with E-state index in [0.717, 1.165) is 52.5 Å². The molecular formula is C24H26N6O. The number of nitrogen functional groups attached to an aromatic ring is 1. The highest BCUT2D eigenvalue weighted by molar-refractivity contribution is 5.79. The number of ether oxygens (including phenoxy) is 1. The first kappa shape index (κ1) is 19.5. The maximum absolute atomic E-state index is 6.07. The average Bonchev–Trinajstić information content (AvgIpc) is 3.18. The number of anilines is 1. The van der Waals surface area contributed by atoms with Crippen LogP contribution in [0, 0.1) is 12.8 Å². The molecule has 4 aromatic rings. The van der Waals surface area contributed by atoms with Crippen molar-refractivity contribution in [2.24, 2.45) is 5.92 Å². The number of H-pyrrole nitrogens is 1. The summed E-state index contributed by atoms with van der Waals surface area (Å²) in [6.45, 7) is 4.36. The van der Waals surface area contributed by atoms with Gasteiger partial charge in [0.25, 0.3) is 0 Å². The molecule has 1 aliphatic rings. The van der Waals surface area contributed by atoms with Crippen LogP contribution in [0.15, 0.2) is 42.9 Å². The van der Waals surface area contributed by atoms with Crippen molar-refractivity contribution in [2.75, 3.05) is 5.73 Å². The highest BCUT2D eigenvalue weighted by atomic mass is 16.5. The van der Waals surface area contributed by atoms with Crippen molar-refractivity contribution in [2.45, 2.75) is 45.6 Å². The van der Waals surface area contributed by atoms with Gasteiger partial charge in [0, 0.05) is 29.6 Å². The Morgan fingerprint density at radius 3 is 2.58 bits per heavy atom. The summed E-state index contributed by atoms with van der Waals surface area (Å²) < 4.78 is 6.07. The predicted octanol–water partition coefficient (Wildman–Crippen LogP) is 4.93. The summed E-state index contributed by atoms with van der Waals surface area (Å²) in [6.07, 6.45) is 10.2.